The van der Waals surface area contributed by atoms with Crippen LogP contribution in [0.15, 0.2) is 46.9 Å². The van der Waals surface area contributed by atoms with Gasteiger partial charge in [0.25, 0.3) is 0 Å². The summed E-state index contributed by atoms with van der Waals surface area (Å²) in [5.41, 5.74) is 2.83. The third-order valence-corrected chi connectivity index (χ3v) is 3.71. The van der Waals surface area contributed by atoms with Crippen LogP contribution in [0, 0.1) is 0 Å². The minimum atomic E-state index is 0.102. The lowest BCUT2D eigenvalue weighted by Crippen LogP contribution is -2.05. The predicted molar refractivity (Wildman–Crippen MR) is 77.8 cm³/mol. The van der Waals surface area contributed by atoms with E-state index in [0.717, 1.165) is 27.8 Å². The largest absolute Gasteiger partial charge is 0.492 e. The Balaban J connectivity index is 1.92. The topological polar surface area (TPSA) is 26.3 Å². The van der Waals surface area contributed by atoms with Crippen molar-refractivity contribution in [3.63, 3.8) is 0 Å². The number of hydrogen-bond acceptors (Lipinski definition) is 2. The van der Waals surface area contributed by atoms with Gasteiger partial charge in [0.2, 0.25) is 0 Å². The molecule has 0 aromatic heterocycles. The molecule has 2 nitrogen and oxygen atoms in total. The maximum absolute atomic E-state index is 12.4. The number of Topliss-reactive ketones (excluding diaryl/α,β-unsaturated/α-hetero) is 1. The number of carbonyl (C=O) groups is 1. The van der Waals surface area contributed by atoms with Gasteiger partial charge >= 0.3 is 0 Å². The Kier molecular flexibility index (Phi) is 3.38. The lowest BCUT2D eigenvalue weighted by atomic mass is 10.00. The van der Waals surface area contributed by atoms with Crippen molar-refractivity contribution in [2.45, 2.75) is 12.8 Å². The number of ketones is 1. The van der Waals surface area contributed by atoms with Crippen LogP contribution in [0.25, 0.3) is 0 Å². The standard InChI is InChI=1S/C16H13BrO2/c17-13-9-12-6-7-19-16(12)14(10-13)15(18)8-11-4-2-1-3-5-11/h1-5,9-10H,6-8H2. The maximum atomic E-state index is 12.4. The fourth-order valence-electron chi connectivity index (χ4n) is 2.35. The highest BCUT2D eigenvalue weighted by atomic mass is 79.9. The van der Waals surface area contributed by atoms with Crippen molar-refractivity contribution in [1.82, 2.24) is 0 Å². The summed E-state index contributed by atoms with van der Waals surface area (Å²) in [5.74, 6) is 0.870. The summed E-state index contributed by atoms with van der Waals surface area (Å²) < 4.78 is 6.54. The van der Waals surface area contributed by atoms with Gasteiger partial charge in [-0.15, -0.1) is 0 Å². The van der Waals surface area contributed by atoms with E-state index in [2.05, 4.69) is 15.9 Å². The quantitative estimate of drug-likeness (QED) is 0.805. The van der Waals surface area contributed by atoms with Crippen LogP contribution in [0.5, 0.6) is 5.75 Å². The Bertz CT molecular complexity index is 620. The Hall–Kier alpha value is -1.61. The van der Waals surface area contributed by atoms with Crippen LogP contribution in [0.1, 0.15) is 21.5 Å². The molecule has 1 heterocycles. The number of ether oxygens (including phenoxy) is 1. The van der Waals surface area contributed by atoms with Crippen molar-refractivity contribution in [1.29, 1.82) is 0 Å². The van der Waals surface area contributed by atoms with E-state index in [1.807, 2.05) is 42.5 Å². The summed E-state index contributed by atoms with van der Waals surface area (Å²) in [6, 6.07) is 13.7. The summed E-state index contributed by atoms with van der Waals surface area (Å²) in [7, 11) is 0. The van der Waals surface area contributed by atoms with Gasteiger partial charge in [0.15, 0.2) is 5.78 Å². The van der Waals surface area contributed by atoms with Crippen LogP contribution in [0.4, 0.5) is 0 Å². The molecule has 3 heteroatoms. The Morgan fingerprint density at radius 2 is 2.00 bits per heavy atom. The summed E-state index contributed by atoms with van der Waals surface area (Å²) >= 11 is 3.46. The van der Waals surface area contributed by atoms with Crippen molar-refractivity contribution in [2.24, 2.45) is 0 Å². The molecule has 1 aliphatic rings. The first kappa shape index (κ1) is 12.4. The molecule has 0 unspecified atom stereocenters. The Morgan fingerprint density at radius 1 is 1.21 bits per heavy atom. The van der Waals surface area contributed by atoms with Crippen molar-refractivity contribution in [2.75, 3.05) is 6.61 Å². The molecule has 0 fully saturated rings. The van der Waals surface area contributed by atoms with Crippen LogP contribution in [0.2, 0.25) is 0 Å². The minimum absolute atomic E-state index is 0.102. The Labute approximate surface area is 120 Å². The molecule has 1 aliphatic heterocycles. The number of carbonyl (C=O) groups excluding carboxylic acids is 1. The minimum Gasteiger partial charge on any atom is -0.492 e. The van der Waals surface area contributed by atoms with Crippen LogP contribution >= 0.6 is 15.9 Å². The molecule has 2 aromatic carbocycles. The third kappa shape index (κ3) is 2.56. The fourth-order valence-corrected chi connectivity index (χ4v) is 2.86. The smallest absolute Gasteiger partial charge is 0.171 e. The van der Waals surface area contributed by atoms with Gasteiger partial charge in [-0.1, -0.05) is 46.3 Å². The van der Waals surface area contributed by atoms with E-state index in [1.165, 1.54) is 0 Å². The first-order chi connectivity index (χ1) is 9.24. The first-order valence-corrected chi connectivity index (χ1v) is 7.05. The fraction of sp³-hybridized carbons (Fsp3) is 0.188. The molecule has 2 aromatic rings. The number of hydrogen-bond donors (Lipinski definition) is 0. The van der Waals surface area contributed by atoms with Gasteiger partial charge in [-0.3, -0.25) is 4.79 Å². The molecule has 0 atom stereocenters. The zero-order chi connectivity index (χ0) is 13.2. The molecule has 19 heavy (non-hydrogen) atoms. The normalized spacial score (nSPS) is 12.9. The van der Waals surface area contributed by atoms with Crippen molar-refractivity contribution in [3.05, 3.63) is 63.6 Å². The highest BCUT2D eigenvalue weighted by Crippen LogP contribution is 2.33. The van der Waals surface area contributed by atoms with Crippen molar-refractivity contribution < 1.29 is 9.53 Å². The SMILES string of the molecule is O=C(Cc1ccccc1)c1cc(Br)cc2c1OCC2. The maximum Gasteiger partial charge on any atom is 0.171 e. The molecule has 0 bridgehead atoms. The van der Waals surface area contributed by atoms with Gasteiger partial charge < -0.3 is 4.74 Å². The molecule has 0 N–H and O–H groups in total. The van der Waals surface area contributed by atoms with E-state index < -0.39 is 0 Å². The molecule has 0 spiro atoms. The number of fused-ring (bicyclic) bond motifs is 1. The van der Waals surface area contributed by atoms with Crippen LogP contribution < -0.4 is 4.74 Å². The van der Waals surface area contributed by atoms with E-state index in [1.54, 1.807) is 0 Å². The molecule has 3 rings (SSSR count). The molecule has 0 radical (unpaired) electrons. The zero-order valence-corrected chi connectivity index (χ0v) is 11.9. The lowest BCUT2D eigenvalue weighted by Gasteiger charge is -2.08. The van der Waals surface area contributed by atoms with Gasteiger partial charge in [-0.05, 0) is 23.3 Å². The number of benzene rings is 2. The first-order valence-electron chi connectivity index (χ1n) is 6.26. The van der Waals surface area contributed by atoms with Crippen molar-refractivity contribution in [3.8, 4) is 5.75 Å². The molecule has 0 saturated heterocycles. The Morgan fingerprint density at radius 3 is 2.79 bits per heavy atom. The van der Waals surface area contributed by atoms with Crippen molar-refractivity contribution >= 4 is 21.7 Å². The number of halogens is 1. The molecular weight excluding hydrogens is 304 g/mol. The molecule has 0 aliphatic carbocycles. The van der Waals surface area contributed by atoms with Crippen LogP contribution in [-0.2, 0) is 12.8 Å². The van der Waals surface area contributed by atoms with E-state index in [4.69, 9.17) is 4.74 Å². The van der Waals surface area contributed by atoms with E-state index in [0.29, 0.717) is 18.6 Å². The van der Waals surface area contributed by atoms with Crippen LogP contribution in [-0.4, -0.2) is 12.4 Å². The van der Waals surface area contributed by atoms with Gasteiger partial charge in [0.1, 0.15) is 5.75 Å². The monoisotopic (exact) mass is 316 g/mol. The highest BCUT2D eigenvalue weighted by molar-refractivity contribution is 9.10. The van der Waals surface area contributed by atoms with E-state index >= 15 is 0 Å². The van der Waals surface area contributed by atoms with Gasteiger partial charge in [0.05, 0.1) is 12.2 Å². The molecular formula is C16H13BrO2. The molecule has 96 valence electrons. The average molecular weight is 317 g/mol. The predicted octanol–water partition coefficient (Wildman–Crippen LogP) is 3.81. The number of rotatable bonds is 3. The second-order valence-electron chi connectivity index (χ2n) is 4.63. The van der Waals surface area contributed by atoms with Crippen LogP contribution in [0.3, 0.4) is 0 Å². The molecule has 0 saturated carbocycles. The average Bonchev–Trinajstić information content (AvgIpc) is 2.86. The zero-order valence-electron chi connectivity index (χ0n) is 10.4. The summed E-state index contributed by atoms with van der Waals surface area (Å²) in [6.45, 7) is 0.664. The summed E-state index contributed by atoms with van der Waals surface area (Å²) in [5, 5.41) is 0. The van der Waals surface area contributed by atoms with E-state index in [9.17, 15) is 4.79 Å². The van der Waals surface area contributed by atoms with Gasteiger partial charge in [-0.2, -0.15) is 0 Å². The summed E-state index contributed by atoms with van der Waals surface area (Å²) in [6.07, 6.45) is 1.29. The highest BCUT2D eigenvalue weighted by Gasteiger charge is 2.21. The molecule has 0 amide bonds. The van der Waals surface area contributed by atoms with E-state index in [-0.39, 0.29) is 5.78 Å². The second-order valence-corrected chi connectivity index (χ2v) is 5.54. The van der Waals surface area contributed by atoms with Gasteiger partial charge in [-0.25, -0.2) is 0 Å². The lowest BCUT2D eigenvalue weighted by molar-refractivity contribution is 0.0990. The van der Waals surface area contributed by atoms with Gasteiger partial charge in [0, 0.05) is 17.3 Å². The summed E-state index contributed by atoms with van der Waals surface area (Å²) in [4.78, 5) is 12.4. The second kappa shape index (κ2) is 5.17. The third-order valence-electron chi connectivity index (χ3n) is 3.26.